The fourth-order valence-corrected chi connectivity index (χ4v) is 3.20. The number of rotatable bonds is 3. The molecule has 2 aromatic rings. The van der Waals surface area contributed by atoms with Crippen LogP contribution in [0.15, 0.2) is 40.6 Å². The Morgan fingerprint density at radius 2 is 1.94 bits per heavy atom. The highest BCUT2D eigenvalue weighted by Gasteiger charge is 2.14. The summed E-state index contributed by atoms with van der Waals surface area (Å²) in [7, 11) is 0. The molecule has 0 radical (unpaired) electrons. The highest BCUT2D eigenvalue weighted by molar-refractivity contribution is 7.98. The second-order valence-electron chi connectivity index (χ2n) is 3.65. The Morgan fingerprint density at radius 1 is 1.19 bits per heavy atom. The third kappa shape index (κ3) is 2.17. The summed E-state index contributed by atoms with van der Waals surface area (Å²) in [5, 5.41) is 2.10. The first kappa shape index (κ1) is 11.7. The molecule has 2 N–H and O–H groups in total. The lowest BCUT2D eigenvalue weighted by atomic mass is 10.0. The van der Waals surface area contributed by atoms with Gasteiger partial charge in [-0.1, -0.05) is 18.2 Å². The molecule has 0 aliphatic heterocycles. The van der Waals surface area contributed by atoms with Crippen LogP contribution in [0.5, 0.6) is 0 Å². The van der Waals surface area contributed by atoms with Gasteiger partial charge in [0.2, 0.25) is 0 Å². The number of hydrogen-bond donors (Lipinski definition) is 1. The predicted octanol–water partition coefficient (Wildman–Crippen LogP) is 3.83. The molecule has 1 unspecified atom stereocenters. The number of thioether (sulfide) groups is 1. The van der Waals surface area contributed by atoms with E-state index in [1.54, 1.807) is 23.1 Å². The van der Waals surface area contributed by atoms with Gasteiger partial charge < -0.3 is 5.73 Å². The third-order valence-corrected chi connectivity index (χ3v) is 4.38. The van der Waals surface area contributed by atoms with E-state index in [-0.39, 0.29) is 6.04 Å². The quantitative estimate of drug-likeness (QED) is 0.837. The minimum atomic E-state index is -0.00472. The van der Waals surface area contributed by atoms with Gasteiger partial charge in [-0.3, -0.25) is 0 Å². The van der Waals surface area contributed by atoms with Crippen molar-refractivity contribution >= 4 is 23.1 Å². The fraction of sp³-hybridized carbons (Fsp3) is 0.231. The van der Waals surface area contributed by atoms with E-state index in [0.29, 0.717) is 0 Å². The van der Waals surface area contributed by atoms with Crippen LogP contribution in [0.2, 0.25) is 0 Å². The Kier molecular flexibility index (Phi) is 3.69. The van der Waals surface area contributed by atoms with Crippen LogP contribution >= 0.6 is 23.1 Å². The Balaban J connectivity index is 2.41. The van der Waals surface area contributed by atoms with Crippen molar-refractivity contribution in [3.63, 3.8) is 0 Å². The van der Waals surface area contributed by atoms with Crippen molar-refractivity contribution in [2.24, 2.45) is 5.73 Å². The van der Waals surface area contributed by atoms with Gasteiger partial charge in [0.25, 0.3) is 0 Å². The second-order valence-corrected chi connectivity index (χ2v) is 5.62. The first-order valence-corrected chi connectivity index (χ1v) is 7.27. The lowest BCUT2D eigenvalue weighted by Gasteiger charge is -2.15. The summed E-state index contributed by atoms with van der Waals surface area (Å²) in [6.07, 6.45) is 2.09. The lowest BCUT2D eigenvalue weighted by Crippen LogP contribution is -2.12. The van der Waals surface area contributed by atoms with E-state index < -0.39 is 0 Å². The van der Waals surface area contributed by atoms with Crippen LogP contribution in [-0.2, 0) is 0 Å². The van der Waals surface area contributed by atoms with Crippen LogP contribution < -0.4 is 5.73 Å². The molecule has 0 aliphatic carbocycles. The molecule has 0 aliphatic rings. The van der Waals surface area contributed by atoms with E-state index in [4.69, 9.17) is 5.73 Å². The largest absolute Gasteiger partial charge is 0.320 e. The molecule has 0 saturated heterocycles. The summed E-state index contributed by atoms with van der Waals surface area (Å²) >= 11 is 3.50. The summed E-state index contributed by atoms with van der Waals surface area (Å²) in [5.74, 6) is 0. The molecule has 16 heavy (non-hydrogen) atoms. The van der Waals surface area contributed by atoms with Gasteiger partial charge in [0, 0.05) is 9.77 Å². The van der Waals surface area contributed by atoms with Crippen molar-refractivity contribution in [2.75, 3.05) is 6.26 Å². The SMILES string of the molecule is CSc1ccccc1C(N)c1ccsc1C. The molecule has 0 fully saturated rings. The van der Waals surface area contributed by atoms with Gasteiger partial charge in [0.1, 0.15) is 0 Å². The molecule has 1 heterocycles. The van der Waals surface area contributed by atoms with Crippen molar-refractivity contribution in [1.29, 1.82) is 0 Å². The summed E-state index contributed by atoms with van der Waals surface area (Å²) in [4.78, 5) is 2.57. The van der Waals surface area contributed by atoms with Crippen LogP contribution in [0.1, 0.15) is 22.0 Å². The van der Waals surface area contributed by atoms with E-state index in [9.17, 15) is 0 Å². The fourth-order valence-electron chi connectivity index (χ4n) is 1.81. The van der Waals surface area contributed by atoms with E-state index >= 15 is 0 Å². The molecule has 2 rings (SSSR count). The van der Waals surface area contributed by atoms with Crippen molar-refractivity contribution < 1.29 is 0 Å². The first-order valence-electron chi connectivity index (χ1n) is 5.16. The maximum Gasteiger partial charge on any atom is 0.0573 e. The van der Waals surface area contributed by atoms with Crippen LogP contribution in [0.4, 0.5) is 0 Å². The van der Waals surface area contributed by atoms with Crippen LogP contribution in [0.3, 0.4) is 0 Å². The molecule has 0 amide bonds. The predicted molar refractivity (Wildman–Crippen MR) is 73.3 cm³/mol. The Bertz CT molecular complexity index is 476. The maximum absolute atomic E-state index is 6.33. The zero-order valence-electron chi connectivity index (χ0n) is 9.44. The van der Waals surface area contributed by atoms with Crippen molar-refractivity contribution in [3.05, 3.63) is 51.7 Å². The Labute approximate surface area is 105 Å². The highest BCUT2D eigenvalue weighted by atomic mass is 32.2. The molecule has 0 bridgehead atoms. The van der Waals surface area contributed by atoms with Crippen LogP contribution in [0, 0.1) is 6.92 Å². The van der Waals surface area contributed by atoms with Gasteiger partial charge in [-0.2, -0.15) is 0 Å². The van der Waals surface area contributed by atoms with Gasteiger partial charge in [0.15, 0.2) is 0 Å². The number of benzene rings is 1. The number of hydrogen-bond acceptors (Lipinski definition) is 3. The van der Waals surface area contributed by atoms with Crippen molar-refractivity contribution in [2.45, 2.75) is 17.9 Å². The average Bonchev–Trinajstić information content (AvgIpc) is 2.74. The van der Waals surface area contributed by atoms with Gasteiger partial charge in [-0.25, -0.2) is 0 Å². The number of aryl methyl sites for hydroxylation is 1. The zero-order valence-corrected chi connectivity index (χ0v) is 11.1. The number of nitrogens with two attached hydrogens (primary N) is 1. The van der Waals surface area contributed by atoms with Crippen LogP contribution in [0.25, 0.3) is 0 Å². The Hall–Kier alpha value is -0.770. The third-order valence-electron chi connectivity index (χ3n) is 2.71. The topological polar surface area (TPSA) is 26.0 Å². The van der Waals surface area contributed by atoms with E-state index in [0.717, 1.165) is 0 Å². The normalized spacial score (nSPS) is 12.7. The second kappa shape index (κ2) is 5.04. The van der Waals surface area contributed by atoms with E-state index in [1.807, 2.05) is 0 Å². The summed E-state index contributed by atoms with van der Waals surface area (Å²) in [6, 6.07) is 10.5. The molecule has 84 valence electrons. The molecule has 3 heteroatoms. The molecule has 0 saturated carbocycles. The maximum atomic E-state index is 6.33. The van der Waals surface area contributed by atoms with Crippen molar-refractivity contribution in [3.8, 4) is 0 Å². The molecular formula is C13H15NS2. The van der Waals surface area contributed by atoms with E-state index in [2.05, 4.69) is 48.9 Å². The summed E-state index contributed by atoms with van der Waals surface area (Å²) < 4.78 is 0. The molecule has 0 spiro atoms. The molecule has 1 nitrogen and oxygen atoms in total. The average molecular weight is 249 g/mol. The smallest absolute Gasteiger partial charge is 0.0573 e. The zero-order chi connectivity index (χ0) is 11.5. The standard InChI is InChI=1S/C13H15NS2/c1-9-10(7-8-16-9)13(14)11-5-3-4-6-12(11)15-2/h3-8,13H,14H2,1-2H3. The van der Waals surface area contributed by atoms with Crippen LogP contribution in [-0.4, -0.2) is 6.26 Å². The summed E-state index contributed by atoms with van der Waals surface area (Å²) in [6.45, 7) is 2.13. The molecule has 1 aromatic carbocycles. The van der Waals surface area contributed by atoms with Crippen molar-refractivity contribution in [1.82, 2.24) is 0 Å². The lowest BCUT2D eigenvalue weighted by molar-refractivity contribution is 0.846. The molecule has 1 aromatic heterocycles. The highest BCUT2D eigenvalue weighted by Crippen LogP contribution is 2.31. The molecular weight excluding hydrogens is 234 g/mol. The van der Waals surface area contributed by atoms with Gasteiger partial charge >= 0.3 is 0 Å². The van der Waals surface area contributed by atoms with Gasteiger partial charge in [-0.15, -0.1) is 23.1 Å². The van der Waals surface area contributed by atoms with Gasteiger partial charge in [0.05, 0.1) is 6.04 Å². The minimum absolute atomic E-state index is 0.00472. The Morgan fingerprint density at radius 3 is 2.56 bits per heavy atom. The van der Waals surface area contributed by atoms with Gasteiger partial charge in [-0.05, 0) is 41.8 Å². The monoisotopic (exact) mass is 249 g/mol. The summed E-state index contributed by atoms with van der Waals surface area (Å²) in [5.41, 5.74) is 8.79. The first-order chi connectivity index (χ1) is 7.74. The molecule has 1 atom stereocenters. The number of thiophene rings is 1. The minimum Gasteiger partial charge on any atom is -0.320 e. The van der Waals surface area contributed by atoms with E-state index in [1.165, 1.54) is 20.9 Å².